The molecule has 1 N–H and O–H groups in total. The number of nitrogens with zero attached hydrogens (tertiary/aromatic N) is 2. The predicted molar refractivity (Wildman–Crippen MR) is 91.2 cm³/mol. The molecule has 1 aromatic rings. The van der Waals surface area contributed by atoms with Gasteiger partial charge in [-0.25, -0.2) is 0 Å². The van der Waals surface area contributed by atoms with E-state index in [1.54, 1.807) is 12.1 Å². The Morgan fingerprint density at radius 1 is 1.30 bits per heavy atom. The van der Waals surface area contributed by atoms with Crippen molar-refractivity contribution in [3.63, 3.8) is 0 Å². The molecule has 23 heavy (non-hydrogen) atoms. The summed E-state index contributed by atoms with van der Waals surface area (Å²) in [5.74, 6) is 0.597. The minimum absolute atomic E-state index is 0.0343. The average molecular weight is 359 g/mol. The number of piperidine rings is 1. The van der Waals surface area contributed by atoms with Gasteiger partial charge in [-0.2, -0.15) is 0 Å². The third-order valence-electron chi connectivity index (χ3n) is 4.57. The minimum Gasteiger partial charge on any atom is -0.396 e. The zero-order chi connectivity index (χ0) is 16.2. The molecule has 1 amide bonds. The summed E-state index contributed by atoms with van der Waals surface area (Å²) in [5.41, 5.74) is 0. The number of amides is 1. The number of carbonyl (C=O) groups excluding carboxylic acids is 1. The largest absolute Gasteiger partial charge is 0.396 e. The van der Waals surface area contributed by atoms with Crippen LogP contribution in [0.3, 0.4) is 0 Å². The van der Waals surface area contributed by atoms with Crippen LogP contribution in [0.1, 0.15) is 16.1 Å². The number of aliphatic hydroxyl groups is 1. The van der Waals surface area contributed by atoms with Crippen LogP contribution in [0.25, 0.3) is 0 Å². The quantitative estimate of drug-likeness (QED) is 0.891. The number of thiophene rings is 1. The maximum Gasteiger partial charge on any atom is 0.263 e. The van der Waals surface area contributed by atoms with Crippen LogP contribution in [0.5, 0.6) is 0 Å². The van der Waals surface area contributed by atoms with E-state index in [1.165, 1.54) is 11.3 Å². The van der Waals surface area contributed by atoms with E-state index >= 15 is 0 Å². The van der Waals surface area contributed by atoms with Gasteiger partial charge < -0.3 is 14.7 Å². The Hall–Kier alpha value is -0.660. The first kappa shape index (κ1) is 17.2. The normalized spacial score (nSPS) is 26.4. The second kappa shape index (κ2) is 7.94. The molecule has 0 unspecified atom stereocenters. The summed E-state index contributed by atoms with van der Waals surface area (Å²) in [6, 6.07) is 3.55. The van der Waals surface area contributed by atoms with Gasteiger partial charge in [-0.3, -0.25) is 9.69 Å². The molecule has 0 aliphatic carbocycles. The molecule has 2 aliphatic heterocycles. The van der Waals surface area contributed by atoms with Gasteiger partial charge in [0.15, 0.2) is 0 Å². The number of ether oxygens (including phenoxy) is 1. The van der Waals surface area contributed by atoms with Crippen molar-refractivity contribution >= 4 is 28.8 Å². The number of likely N-dealkylation sites (tertiary alicyclic amines) is 1. The highest BCUT2D eigenvalue weighted by atomic mass is 35.5. The first-order valence-electron chi connectivity index (χ1n) is 8.11. The number of carbonyl (C=O) groups is 1. The van der Waals surface area contributed by atoms with Crippen LogP contribution in [0, 0.1) is 11.8 Å². The summed E-state index contributed by atoms with van der Waals surface area (Å²) in [5, 5.41) is 9.60. The van der Waals surface area contributed by atoms with Crippen molar-refractivity contribution in [3.05, 3.63) is 21.3 Å². The lowest BCUT2D eigenvalue weighted by atomic mass is 9.89. The molecule has 7 heteroatoms. The lowest BCUT2D eigenvalue weighted by Crippen LogP contribution is -2.49. The van der Waals surface area contributed by atoms with E-state index in [1.807, 2.05) is 4.90 Å². The summed E-state index contributed by atoms with van der Waals surface area (Å²) < 4.78 is 6.03. The lowest BCUT2D eigenvalue weighted by molar-refractivity contribution is 0.0131. The number of hydrogen-bond donors (Lipinski definition) is 1. The van der Waals surface area contributed by atoms with Crippen molar-refractivity contribution in [2.75, 3.05) is 52.5 Å². The lowest BCUT2D eigenvalue weighted by Gasteiger charge is -2.39. The van der Waals surface area contributed by atoms with Crippen molar-refractivity contribution < 1.29 is 14.6 Å². The number of morpholine rings is 1. The molecule has 0 spiro atoms. The third kappa shape index (κ3) is 4.45. The van der Waals surface area contributed by atoms with Crippen LogP contribution in [0.2, 0.25) is 4.34 Å². The monoisotopic (exact) mass is 358 g/mol. The van der Waals surface area contributed by atoms with E-state index in [0.29, 0.717) is 21.7 Å². The third-order valence-corrected chi connectivity index (χ3v) is 5.79. The predicted octanol–water partition coefficient (Wildman–Crippen LogP) is 1.80. The Morgan fingerprint density at radius 3 is 2.70 bits per heavy atom. The number of halogens is 1. The zero-order valence-corrected chi connectivity index (χ0v) is 14.7. The maximum absolute atomic E-state index is 12.7. The first-order valence-corrected chi connectivity index (χ1v) is 9.30. The van der Waals surface area contributed by atoms with Gasteiger partial charge in [0.2, 0.25) is 0 Å². The molecule has 5 nitrogen and oxygen atoms in total. The fraction of sp³-hybridized carbons (Fsp3) is 0.688. The Bertz CT molecular complexity index is 533. The Balaban J connectivity index is 1.64. The SMILES string of the molecule is O=C(c1ccc(Cl)s1)N1C[C@H](CO)C[C@H](CN2CCOCC2)C1. The van der Waals surface area contributed by atoms with Gasteiger partial charge in [0.1, 0.15) is 0 Å². The average Bonchev–Trinajstić information content (AvgIpc) is 3.01. The highest BCUT2D eigenvalue weighted by molar-refractivity contribution is 7.17. The number of aliphatic hydroxyl groups excluding tert-OH is 1. The molecular formula is C16H23ClN2O3S. The van der Waals surface area contributed by atoms with E-state index < -0.39 is 0 Å². The molecule has 128 valence electrons. The maximum atomic E-state index is 12.7. The summed E-state index contributed by atoms with van der Waals surface area (Å²) >= 11 is 7.27. The standard InChI is InChI=1S/C16H23ClN2O3S/c17-15-2-1-14(23-15)16(21)19-9-12(7-13(10-19)11-20)8-18-3-5-22-6-4-18/h1-2,12-13,20H,3-11H2/t12-,13-/m1/s1. The Morgan fingerprint density at radius 2 is 2.04 bits per heavy atom. The molecule has 2 atom stereocenters. The summed E-state index contributed by atoms with van der Waals surface area (Å²) in [4.78, 5) is 17.6. The molecule has 0 saturated carbocycles. The van der Waals surface area contributed by atoms with Gasteiger partial charge in [0.25, 0.3) is 5.91 Å². The molecule has 3 rings (SSSR count). The molecular weight excluding hydrogens is 336 g/mol. The van der Waals surface area contributed by atoms with E-state index in [-0.39, 0.29) is 18.4 Å². The van der Waals surface area contributed by atoms with Crippen molar-refractivity contribution in [2.24, 2.45) is 11.8 Å². The van der Waals surface area contributed by atoms with Crippen LogP contribution in [0.15, 0.2) is 12.1 Å². The molecule has 2 saturated heterocycles. The highest BCUT2D eigenvalue weighted by Gasteiger charge is 2.31. The van der Waals surface area contributed by atoms with Gasteiger partial charge >= 0.3 is 0 Å². The molecule has 0 aromatic carbocycles. The minimum atomic E-state index is 0.0343. The van der Waals surface area contributed by atoms with Crippen LogP contribution in [-0.2, 0) is 4.74 Å². The van der Waals surface area contributed by atoms with Crippen LogP contribution >= 0.6 is 22.9 Å². The van der Waals surface area contributed by atoms with E-state index in [0.717, 1.165) is 45.8 Å². The highest BCUT2D eigenvalue weighted by Crippen LogP contribution is 2.27. The van der Waals surface area contributed by atoms with Gasteiger partial charge in [-0.1, -0.05) is 11.6 Å². The first-order chi connectivity index (χ1) is 11.2. The van der Waals surface area contributed by atoms with Crippen molar-refractivity contribution in [1.82, 2.24) is 9.80 Å². The molecule has 3 heterocycles. The zero-order valence-electron chi connectivity index (χ0n) is 13.1. The van der Waals surface area contributed by atoms with Crippen molar-refractivity contribution in [1.29, 1.82) is 0 Å². The van der Waals surface area contributed by atoms with Crippen molar-refractivity contribution in [3.8, 4) is 0 Å². The van der Waals surface area contributed by atoms with Crippen LogP contribution in [0.4, 0.5) is 0 Å². The summed E-state index contributed by atoms with van der Waals surface area (Å²) in [6.07, 6.45) is 0.975. The molecule has 1 aromatic heterocycles. The van der Waals surface area contributed by atoms with Gasteiger partial charge in [-0.05, 0) is 30.4 Å². The van der Waals surface area contributed by atoms with Gasteiger partial charge in [0, 0.05) is 39.3 Å². The van der Waals surface area contributed by atoms with Gasteiger partial charge in [0.05, 0.1) is 22.4 Å². The van der Waals surface area contributed by atoms with E-state index in [4.69, 9.17) is 16.3 Å². The molecule has 2 aliphatic rings. The fourth-order valence-corrected chi connectivity index (χ4v) is 4.49. The summed E-state index contributed by atoms with van der Waals surface area (Å²) in [7, 11) is 0. The number of rotatable bonds is 4. The Kier molecular flexibility index (Phi) is 5.93. The number of hydrogen-bond acceptors (Lipinski definition) is 5. The smallest absolute Gasteiger partial charge is 0.263 e. The molecule has 0 radical (unpaired) electrons. The summed E-state index contributed by atoms with van der Waals surface area (Å²) in [6.45, 7) is 5.96. The van der Waals surface area contributed by atoms with Crippen LogP contribution < -0.4 is 0 Å². The van der Waals surface area contributed by atoms with Gasteiger partial charge in [-0.15, -0.1) is 11.3 Å². The molecule has 2 fully saturated rings. The second-order valence-corrected chi connectivity index (χ2v) is 8.09. The topological polar surface area (TPSA) is 53.0 Å². The second-order valence-electron chi connectivity index (χ2n) is 6.38. The van der Waals surface area contributed by atoms with Crippen LogP contribution in [-0.4, -0.2) is 73.4 Å². The fourth-order valence-electron chi connectivity index (χ4n) is 3.48. The van der Waals surface area contributed by atoms with E-state index in [2.05, 4.69) is 4.90 Å². The van der Waals surface area contributed by atoms with E-state index in [9.17, 15) is 9.90 Å². The Labute approximate surface area is 145 Å². The molecule has 0 bridgehead atoms. The van der Waals surface area contributed by atoms with Crippen molar-refractivity contribution in [2.45, 2.75) is 6.42 Å².